The van der Waals surface area contributed by atoms with Gasteiger partial charge in [-0.3, -0.25) is 0 Å². The van der Waals surface area contributed by atoms with Gasteiger partial charge in [0.2, 0.25) is 0 Å². The number of rotatable bonds is 7. The van der Waals surface area contributed by atoms with Crippen molar-refractivity contribution < 1.29 is 4.90 Å². The fourth-order valence-electron chi connectivity index (χ4n) is 3.90. The van der Waals surface area contributed by atoms with E-state index >= 15 is 0 Å². The maximum atomic E-state index is 3.42. The molecule has 0 bridgehead atoms. The summed E-state index contributed by atoms with van der Waals surface area (Å²) in [5.41, 5.74) is 5.44. The third kappa shape index (κ3) is 4.29. The Labute approximate surface area is 161 Å². The molecule has 3 aromatic carbocycles. The summed E-state index contributed by atoms with van der Waals surface area (Å²) < 4.78 is 0. The lowest BCUT2D eigenvalue weighted by Gasteiger charge is -2.26. The Balaban J connectivity index is 1.56. The van der Waals surface area contributed by atoms with Gasteiger partial charge in [0.15, 0.2) is 0 Å². The fraction of sp³-hybridized carbons (Fsp3) is 0.200. The molecule has 0 aliphatic rings. The average molecular weight is 356 g/mol. The van der Waals surface area contributed by atoms with Crippen LogP contribution in [0.1, 0.15) is 23.6 Å². The van der Waals surface area contributed by atoms with E-state index in [1.54, 1.807) is 4.90 Å². The summed E-state index contributed by atoms with van der Waals surface area (Å²) >= 11 is 0. The van der Waals surface area contributed by atoms with Crippen molar-refractivity contribution in [1.29, 1.82) is 0 Å². The number of quaternary nitrogens is 1. The van der Waals surface area contributed by atoms with E-state index in [-0.39, 0.29) is 0 Å². The van der Waals surface area contributed by atoms with Crippen LogP contribution in [0, 0.1) is 0 Å². The molecule has 27 heavy (non-hydrogen) atoms. The second-order valence-corrected chi connectivity index (χ2v) is 7.45. The van der Waals surface area contributed by atoms with Crippen LogP contribution in [-0.4, -0.2) is 11.0 Å². The number of aromatic amines is 1. The van der Waals surface area contributed by atoms with Crippen molar-refractivity contribution in [2.75, 3.05) is 0 Å². The second-order valence-electron chi connectivity index (χ2n) is 7.45. The molecule has 0 spiro atoms. The van der Waals surface area contributed by atoms with Gasteiger partial charge in [0, 0.05) is 34.6 Å². The maximum absolute atomic E-state index is 3.42. The highest BCUT2D eigenvalue weighted by atomic mass is 15.1. The number of nitrogens with one attached hydrogen (secondary N) is 2. The minimum Gasteiger partial charge on any atom is -0.361 e. The Kier molecular flexibility index (Phi) is 5.36. The number of fused-ring (bicyclic) bond motifs is 1. The number of benzene rings is 3. The third-order valence-electron chi connectivity index (χ3n) is 5.45. The van der Waals surface area contributed by atoms with Crippen molar-refractivity contribution in [3.8, 4) is 0 Å². The third-order valence-corrected chi connectivity index (χ3v) is 5.45. The molecule has 1 aromatic heterocycles. The van der Waals surface area contributed by atoms with E-state index in [2.05, 4.69) is 103 Å². The minimum atomic E-state index is 0.518. The monoisotopic (exact) mass is 355 g/mol. The topological polar surface area (TPSA) is 20.2 Å². The molecule has 1 heterocycles. The zero-order valence-corrected chi connectivity index (χ0v) is 15.9. The molecule has 0 aliphatic carbocycles. The molecule has 0 amide bonds. The maximum Gasteiger partial charge on any atom is 0.103 e. The van der Waals surface area contributed by atoms with Gasteiger partial charge in [-0.2, -0.15) is 0 Å². The highest BCUT2D eigenvalue weighted by Crippen LogP contribution is 2.18. The molecule has 0 fully saturated rings. The van der Waals surface area contributed by atoms with Crippen LogP contribution in [0.5, 0.6) is 0 Å². The Bertz CT molecular complexity index is 931. The van der Waals surface area contributed by atoms with Gasteiger partial charge in [-0.15, -0.1) is 0 Å². The van der Waals surface area contributed by atoms with Crippen LogP contribution in [0.25, 0.3) is 10.9 Å². The van der Waals surface area contributed by atoms with Crippen LogP contribution >= 0.6 is 0 Å². The number of H-pyrrole nitrogens is 1. The average Bonchev–Trinajstić information content (AvgIpc) is 3.12. The standard InChI is InChI=1S/C25H26N2/c1-20(16-23-17-26-25-15-9-8-14-24(23)25)27(18-21-10-4-2-5-11-21)19-22-12-6-3-7-13-22/h2-15,17,20,26H,16,18-19H2,1H3/p+1. The molecule has 1 unspecified atom stereocenters. The lowest BCUT2D eigenvalue weighted by Crippen LogP contribution is -3.13. The first-order valence-electron chi connectivity index (χ1n) is 9.77. The van der Waals surface area contributed by atoms with Gasteiger partial charge in [0.1, 0.15) is 13.1 Å². The van der Waals surface area contributed by atoms with Crippen LogP contribution < -0.4 is 4.90 Å². The molecule has 136 valence electrons. The summed E-state index contributed by atoms with van der Waals surface area (Å²) in [5, 5.41) is 1.35. The van der Waals surface area contributed by atoms with Gasteiger partial charge in [-0.25, -0.2) is 0 Å². The fourth-order valence-corrected chi connectivity index (χ4v) is 3.90. The summed E-state index contributed by atoms with van der Waals surface area (Å²) in [7, 11) is 0. The zero-order chi connectivity index (χ0) is 18.5. The van der Waals surface area contributed by atoms with Gasteiger partial charge >= 0.3 is 0 Å². The van der Waals surface area contributed by atoms with Crippen LogP contribution in [0.15, 0.2) is 91.1 Å². The smallest absolute Gasteiger partial charge is 0.103 e. The Morgan fingerprint density at radius 2 is 1.30 bits per heavy atom. The molecular weight excluding hydrogens is 328 g/mol. The second kappa shape index (κ2) is 8.24. The predicted molar refractivity (Wildman–Crippen MR) is 113 cm³/mol. The Morgan fingerprint density at radius 1 is 0.741 bits per heavy atom. The first kappa shape index (κ1) is 17.6. The highest BCUT2D eigenvalue weighted by Gasteiger charge is 2.20. The lowest BCUT2D eigenvalue weighted by molar-refractivity contribution is -0.950. The van der Waals surface area contributed by atoms with Gasteiger partial charge < -0.3 is 9.88 Å². The first-order valence-corrected chi connectivity index (χ1v) is 9.77. The van der Waals surface area contributed by atoms with Crippen molar-refractivity contribution in [3.63, 3.8) is 0 Å². The van der Waals surface area contributed by atoms with Crippen molar-refractivity contribution in [2.45, 2.75) is 32.5 Å². The van der Waals surface area contributed by atoms with E-state index in [0.717, 1.165) is 19.5 Å². The van der Waals surface area contributed by atoms with Crippen LogP contribution in [0.2, 0.25) is 0 Å². The summed E-state index contributed by atoms with van der Waals surface area (Å²) in [4.78, 5) is 5.02. The van der Waals surface area contributed by atoms with Crippen LogP contribution in [0.3, 0.4) is 0 Å². The Morgan fingerprint density at radius 3 is 1.93 bits per heavy atom. The largest absolute Gasteiger partial charge is 0.361 e. The predicted octanol–water partition coefficient (Wildman–Crippen LogP) is 4.38. The Hall–Kier alpha value is -2.84. The van der Waals surface area contributed by atoms with E-state index < -0.39 is 0 Å². The molecular formula is C25H27N2+. The molecule has 0 aliphatic heterocycles. The van der Waals surface area contributed by atoms with Gasteiger partial charge in [0.25, 0.3) is 0 Å². The van der Waals surface area contributed by atoms with Gasteiger partial charge in [0.05, 0.1) is 6.04 Å². The molecule has 2 N–H and O–H groups in total. The highest BCUT2D eigenvalue weighted by molar-refractivity contribution is 5.83. The van der Waals surface area contributed by atoms with Crippen LogP contribution in [0.4, 0.5) is 0 Å². The van der Waals surface area contributed by atoms with Gasteiger partial charge in [-0.05, 0) is 18.6 Å². The number of hydrogen-bond donors (Lipinski definition) is 2. The van der Waals surface area contributed by atoms with E-state index in [9.17, 15) is 0 Å². The normalized spacial score (nSPS) is 12.5. The van der Waals surface area contributed by atoms with Crippen molar-refractivity contribution >= 4 is 10.9 Å². The van der Waals surface area contributed by atoms with E-state index in [1.807, 2.05) is 0 Å². The first-order chi connectivity index (χ1) is 13.3. The van der Waals surface area contributed by atoms with Crippen molar-refractivity contribution in [3.05, 3.63) is 108 Å². The summed E-state index contributed by atoms with van der Waals surface area (Å²) in [5.74, 6) is 0. The SMILES string of the molecule is CC(Cc1c[nH]c2ccccc12)[NH+](Cc1ccccc1)Cc1ccccc1. The van der Waals surface area contributed by atoms with Gasteiger partial charge in [-0.1, -0.05) is 78.9 Å². The number of para-hydroxylation sites is 1. The molecule has 1 atom stereocenters. The van der Waals surface area contributed by atoms with Crippen molar-refractivity contribution in [2.24, 2.45) is 0 Å². The zero-order valence-electron chi connectivity index (χ0n) is 15.9. The molecule has 0 saturated carbocycles. The summed E-state index contributed by atoms with van der Waals surface area (Å²) in [6.45, 7) is 4.46. The van der Waals surface area contributed by atoms with Crippen molar-refractivity contribution in [1.82, 2.24) is 4.98 Å². The quantitative estimate of drug-likeness (QED) is 0.491. The molecule has 4 aromatic rings. The summed E-state index contributed by atoms with van der Waals surface area (Å²) in [6.07, 6.45) is 3.25. The van der Waals surface area contributed by atoms with Crippen LogP contribution in [-0.2, 0) is 19.5 Å². The number of aromatic nitrogens is 1. The van der Waals surface area contributed by atoms with E-state index in [1.165, 1.54) is 27.6 Å². The van der Waals surface area contributed by atoms with E-state index in [4.69, 9.17) is 0 Å². The minimum absolute atomic E-state index is 0.518. The van der Waals surface area contributed by atoms with E-state index in [0.29, 0.717) is 6.04 Å². The summed E-state index contributed by atoms with van der Waals surface area (Å²) in [6, 6.07) is 30.8. The molecule has 2 heteroatoms. The molecule has 0 saturated heterocycles. The molecule has 0 radical (unpaired) electrons. The number of hydrogen-bond acceptors (Lipinski definition) is 0. The molecule has 2 nitrogen and oxygen atoms in total. The lowest BCUT2D eigenvalue weighted by atomic mass is 10.0. The molecule has 4 rings (SSSR count).